The number of allylic oxidation sites excluding steroid dienone is 3. The molecule has 1 aromatic carbocycles. The fourth-order valence-electron chi connectivity index (χ4n) is 2.92. The van der Waals surface area contributed by atoms with E-state index in [-0.39, 0.29) is 0 Å². The predicted molar refractivity (Wildman–Crippen MR) is 105 cm³/mol. The maximum atomic E-state index is 4.69. The number of hydrogen-bond donors (Lipinski definition) is 0. The van der Waals surface area contributed by atoms with Crippen molar-refractivity contribution >= 4 is 16.9 Å². The van der Waals surface area contributed by atoms with Crippen LogP contribution >= 0.6 is 0 Å². The zero-order valence-electron chi connectivity index (χ0n) is 15.2. The zero-order valence-corrected chi connectivity index (χ0v) is 15.2. The smallest absolute Gasteiger partial charge is 0.137 e. The largest absolute Gasteiger partial charge is 0.281 e. The second kappa shape index (κ2) is 7.91. The van der Waals surface area contributed by atoms with Crippen LogP contribution in [0, 0.1) is 19.8 Å². The molecule has 1 heterocycles. The molecule has 0 fully saturated rings. The second-order valence-corrected chi connectivity index (χ2v) is 6.20. The molecule has 2 aromatic rings. The van der Waals surface area contributed by atoms with Crippen LogP contribution in [0.5, 0.6) is 0 Å². The lowest BCUT2D eigenvalue weighted by Crippen LogP contribution is -2.10. The van der Waals surface area contributed by atoms with E-state index in [9.17, 15) is 0 Å². The first kappa shape index (κ1) is 17.9. The molecule has 1 atom stereocenters. The van der Waals surface area contributed by atoms with Crippen LogP contribution in [0.2, 0.25) is 0 Å². The molecule has 0 bridgehead atoms. The van der Waals surface area contributed by atoms with E-state index < -0.39 is 0 Å². The minimum Gasteiger partial charge on any atom is -0.281 e. The summed E-state index contributed by atoms with van der Waals surface area (Å²) in [4.78, 5) is 9.32. The van der Waals surface area contributed by atoms with Gasteiger partial charge < -0.3 is 0 Å². The van der Waals surface area contributed by atoms with Crippen LogP contribution in [0.1, 0.15) is 38.1 Å². The highest BCUT2D eigenvalue weighted by molar-refractivity contribution is 6.01. The van der Waals surface area contributed by atoms with E-state index in [2.05, 4.69) is 60.6 Å². The van der Waals surface area contributed by atoms with Crippen LogP contribution in [0.15, 0.2) is 60.3 Å². The molecule has 0 saturated carbocycles. The van der Waals surface area contributed by atoms with Gasteiger partial charge >= 0.3 is 0 Å². The van der Waals surface area contributed by atoms with Crippen LogP contribution < -0.4 is 0 Å². The van der Waals surface area contributed by atoms with Gasteiger partial charge in [0.25, 0.3) is 0 Å². The minimum absolute atomic E-state index is 0.449. The number of aryl methyl sites for hydroxylation is 2. The van der Waals surface area contributed by atoms with Gasteiger partial charge in [-0.3, -0.25) is 4.57 Å². The number of aliphatic imine (C=N–C) groups is 1. The summed E-state index contributed by atoms with van der Waals surface area (Å²) < 4.78 is 2.05. The second-order valence-electron chi connectivity index (χ2n) is 6.20. The fraction of sp³-hybridized carbons (Fsp3) is 0.333. The monoisotopic (exact) mass is 321 g/mol. The lowest BCUT2D eigenvalue weighted by molar-refractivity contribution is 0.612. The van der Waals surface area contributed by atoms with Crippen molar-refractivity contribution < 1.29 is 0 Å². The van der Waals surface area contributed by atoms with Gasteiger partial charge in [0, 0.05) is 6.20 Å². The highest BCUT2D eigenvalue weighted by Gasteiger charge is 2.11. The van der Waals surface area contributed by atoms with Gasteiger partial charge in [-0.2, -0.15) is 0 Å². The lowest BCUT2D eigenvalue weighted by Gasteiger charge is -2.11. The molecular formula is C21H27N3. The molecule has 126 valence electrons. The van der Waals surface area contributed by atoms with Crippen molar-refractivity contribution in [1.29, 1.82) is 0 Å². The molecule has 0 aliphatic heterocycles. The SMILES string of the molecule is C=CC(=N/C=C(\C=C)C(C)CCC)n1c(C)nc2ccc(C)cc21. The van der Waals surface area contributed by atoms with Crippen molar-refractivity contribution in [3.63, 3.8) is 0 Å². The molecule has 0 saturated heterocycles. The van der Waals surface area contributed by atoms with Crippen LogP contribution in [0.4, 0.5) is 0 Å². The van der Waals surface area contributed by atoms with Crippen molar-refractivity contribution in [2.75, 3.05) is 0 Å². The Balaban J connectivity index is 2.52. The molecule has 2 rings (SSSR count). The van der Waals surface area contributed by atoms with E-state index in [0.29, 0.717) is 5.92 Å². The Kier molecular flexibility index (Phi) is 5.91. The van der Waals surface area contributed by atoms with Gasteiger partial charge in [-0.1, -0.05) is 45.6 Å². The molecule has 0 spiro atoms. The van der Waals surface area contributed by atoms with Crippen LogP contribution in [0.3, 0.4) is 0 Å². The topological polar surface area (TPSA) is 30.2 Å². The third kappa shape index (κ3) is 3.73. The third-order valence-electron chi connectivity index (χ3n) is 4.26. The minimum atomic E-state index is 0.449. The maximum Gasteiger partial charge on any atom is 0.137 e. The Hall–Kier alpha value is -2.42. The Labute approximate surface area is 145 Å². The van der Waals surface area contributed by atoms with Crippen LogP contribution in [-0.2, 0) is 0 Å². The van der Waals surface area contributed by atoms with Crippen molar-refractivity contribution in [2.24, 2.45) is 10.9 Å². The van der Waals surface area contributed by atoms with Crippen molar-refractivity contribution in [1.82, 2.24) is 9.55 Å². The van der Waals surface area contributed by atoms with Gasteiger partial charge in [-0.15, -0.1) is 0 Å². The van der Waals surface area contributed by atoms with Gasteiger partial charge in [0.2, 0.25) is 0 Å². The van der Waals surface area contributed by atoms with Gasteiger partial charge in [0.1, 0.15) is 11.7 Å². The summed E-state index contributed by atoms with van der Waals surface area (Å²) in [5.41, 5.74) is 4.38. The van der Waals surface area contributed by atoms with E-state index in [0.717, 1.165) is 41.1 Å². The van der Waals surface area contributed by atoms with Crippen molar-refractivity contribution in [3.05, 3.63) is 66.7 Å². The molecule has 24 heavy (non-hydrogen) atoms. The summed E-state index contributed by atoms with van der Waals surface area (Å²) in [7, 11) is 0. The summed E-state index contributed by atoms with van der Waals surface area (Å²) in [6.45, 7) is 16.3. The molecule has 0 amide bonds. The first-order valence-electron chi connectivity index (χ1n) is 8.50. The number of rotatable bonds is 6. The van der Waals surface area contributed by atoms with Gasteiger partial charge in [0.05, 0.1) is 11.0 Å². The van der Waals surface area contributed by atoms with E-state index in [4.69, 9.17) is 0 Å². The summed E-state index contributed by atoms with van der Waals surface area (Å²) in [5.74, 6) is 2.14. The molecule has 0 aliphatic carbocycles. The number of benzene rings is 1. The summed E-state index contributed by atoms with van der Waals surface area (Å²) in [6.07, 6.45) is 7.86. The molecule has 3 nitrogen and oxygen atoms in total. The molecular weight excluding hydrogens is 294 g/mol. The number of nitrogens with zero attached hydrogens (tertiary/aromatic N) is 3. The van der Waals surface area contributed by atoms with E-state index in [1.807, 2.05) is 25.3 Å². The van der Waals surface area contributed by atoms with Crippen molar-refractivity contribution in [3.8, 4) is 0 Å². The van der Waals surface area contributed by atoms with E-state index >= 15 is 0 Å². The summed E-state index contributed by atoms with van der Waals surface area (Å²) in [6, 6.07) is 6.25. The zero-order chi connectivity index (χ0) is 17.7. The van der Waals surface area contributed by atoms with Gasteiger partial charge in [-0.25, -0.2) is 9.98 Å². The molecule has 1 unspecified atom stereocenters. The van der Waals surface area contributed by atoms with E-state index in [1.54, 1.807) is 6.08 Å². The van der Waals surface area contributed by atoms with Crippen molar-refractivity contribution in [2.45, 2.75) is 40.5 Å². The normalized spacial score (nSPS) is 14.0. The molecule has 1 aromatic heterocycles. The third-order valence-corrected chi connectivity index (χ3v) is 4.26. The first-order valence-corrected chi connectivity index (χ1v) is 8.50. The number of hydrogen-bond acceptors (Lipinski definition) is 2. The highest BCUT2D eigenvalue weighted by atomic mass is 15.1. The Morgan fingerprint density at radius 3 is 2.67 bits per heavy atom. The highest BCUT2D eigenvalue weighted by Crippen LogP contribution is 2.20. The summed E-state index contributed by atoms with van der Waals surface area (Å²) in [5, 5.41) is 0. The lowest BCUT2D eigenvalue weighted by atomic mass is 9.97. The van der Waals surface area contributed by atoms with Crippen LogP contribution in [0.25, 0.3) is 11.0 Å². The standard InChI is InChI=1S/C21H27N3/c1-7-10-16(5)18(8-2)14-22-21(9-3)24-17(6)23-19-12-11-15(4)13-20(19)24/h8-9,11-14,16H,2-3,7,10H2,1,4-6H3/b18-14+,22-21?. The fourth-order valence-corrected chi connectivity index (χ4v) is 2.92. The average molecular weight is 321 g/mol. The first-order chi connectivity index (χ1) is 11.5. The number of imidazole rings is 1. The molecule has 0 aliphatic rings. The predicted octanol–water partition coefficient (Wildman–Crippen LogP) is 5.59. The quantitative estimate of drug-likeness (QED) is 0.387. The molecule has 0 N–H and O–H groups in total. The van der Waals surface area contributed by atoms with E-state index in [1.165, 1.54) is 5.56 Å². The van der Waals surface area contributed by atoms with Gasteiger partial charge in [0.15, 0.2) is 0 Å². The Bertz CT molecular complexity index is 806. The van der Waals surface area contributed by atoms with Gasteiger partial charge in [-0.05, 0) is 55.5 Å². The average Bonchev–Trinajstić information content (AvgIpc) is 2.87. The van der Waals surface area contributed by atoms with Crippen LogP contribution in [-0.4, -0.2) is 15.4 Å². The Morgan fingerprint density at radius 1 is 1.29 bits per heavy atom. The Morgan fingerprint density at radius 2 is 2.04 bits per heavy atom. The molecule has 3 heteroatoms. The summed E-state index contributed by atoms with van der Waals surface area (Å²) >= 11 is 0. The molecule has 0 radical (unpaired) electrons. The number of fused-ring (bicyclic) bond motifs is 1. The maximum absolute atomic E-state index is 4.69. The number of aromatic nitrogens is 2.